The smallest absolute Gasteiger partial charge is 1.00 e. The second kappa shape index (κ2) is 13.9. The molecule has 0 spiro atoms. The first kappa shape index (κ1) is 24.9. The Balaban J connectivity index is -0.000000270. The third-order valence-corrected chi connectivity index (χ3v) is 2.14. The van der Waals surface area contributed by atoms with Crippen LogP contribution in [0.5, 0.6) is 23.0 Å². The predicted molar refractivity (Wildman–Crippen MR) is 64.9 cm³/mol. The van der Waals surface area contributed by atoms with E-state index in [0.717, 1.165) is 0 Å². The van der Waals surface area contributed by atoms with Crippen LogP contribution in [0.1, 0.15) is 0 Å². The zero-order chi connectivity index (χ0) is 13.4. The van der Waals surface area contributed by atoms with E-state index in [9.17, 15) is 10.2 Å². The zero-order valence-electron chi connectivity index (χ0n) is 11.5. The van der Waals surface area contributed by atoms with E-state index in [2.05, 4.69) is 0 Å². The molecule has 4 nitrogen and oxygen atoms in total. The Morgan fingerprint density at radius 1 is 0.667 bits per heavy atom. The van der Waals surface area contributed by atoms with Gasteiger partial charge in [0.25, 0.3) is 0 Å². The Kier molecular flexibility index (Phi) is 16.5. The summed E-state index contributed by atoms with van der Waals surface area (Å²) in [5.41, 5.74) is 0. The van der Waals surface area contributed by atoms with Crippen molar-refractivity contribution in [3.63, 3.8) is 0 Å². The van der Waals surface area contributed by atoms with Crippen molar-refractivity contribution < 1.29 is 66.2 Å². The number of methoxy groups -OCH3 is 2. The van der Waals surface area contributed by atoms with Gasteiger partial charge in [0.2, 0.25) is 0 Å². The predicted octanol–water partition coefficient (Wildman–Crippen LogP) is -4.46. The molecule has 0 aromatic heterocycles. The van der Waals surface area contributed by atoms with Crippen LogP contribution < -0.4 is 44.5 Å². The molecule has 0 saturated carbocycles. The van der Waals surface area contributed by atoms with Crippen LogP contribution in [0.25, 0.3) is 0 Å². The molecule has 2 aromatic rings. The molecule has 0 radical (unpaired) electrons. The van der Waals surface area contributed by atoms with Gasteiger partial charge in [-0.25, -0.2) is 0 Å². The van der Waals surface area contributed by atoms with Gasteiger partial charge >= 0.3 is 21.7 Å². The maximum absolute atomic E-state index is 10.7. The molecule has 2 aromatic carbocycles. The Labute approximate surface area is 151 Å². The molecule has 2 rings (SSSR count). The molecule has 0 atom stereocenters. The molecule has 0 aliphatic carbocycles. The van der Waals surface area contributed by atoms with Crippen LogP contribution in [0, 0.1) is 0 Å². The van der Waals surface area contributed by atoms with E-state index in [1.807, 2.05) is 0 Å². The van der Waals surface area contributed by atoms with Crippen LogP contribution in [0.2, 0.25) is 0 Å². The Hall–Kier alpha value is -1.07. The van der Waals surface area contributed by atoms with Gasteiger partial charge in [-0.05, 0) is 12.1 Å². The van der Waals surface area contributed by atoms with E-state index in [-0.39, 0.29) is 58.0 Å². The summed E-state index contributed by atoms with van der Waals surface area (Å²) >= 11 is 0. The molecule has 0 amide bonds. The summed E-state index contributed by atoms with van der Waals surface area (Å²) in [6, 6.07) is 13.1. The maximum Gasteiger partial charge on any atom is 4.00 e. The average Bonchev–Trinajstić information content (AvgIpc) is 2.41. The number of hydrogen-bond acceptors (Lipinski definition) is 4. The quantitative estimate of drug-likeness (QED) is 0.504. The van der Waals surface area contributed by atoms with Gasteiger partial charge in [0.15, 0.2) is 0 Å². The molecule has 0 aliphatic rings. The van der Waals surface area contributed by atoms with Crippen LogP contribution >= 0.6 is 0 Å². The summed E-state index contributed by atoms with van der Waals surface area (Å²) in [7, 11) is 2.97. The summed E-state index contributed by atoms with van der Waals surface area (Å²) in [6.45, 7) is 0. The van der Waals surface area contributed by atoms with Crippen LogP contribution in [-0.4, -0.2) is 14.2 Å². The summed E-state index contributed by atoms with van der Waals surface area (Å²) in [6.07, 6.45) is 0. The summed E-state index contributed by atoms with van der Waals surface area (Å²) in [5, 5.41) is 21.5. The van der Waals surface area contributed by atoms with Gasteiger partial charge in [0.05, 0.1) is 14.2 Å². The van der Waals surface area contributed by atoms with Crippen LogP contribution in [0.4, 0.5) is 0 Å². The number of benzene rings is 2. The fourth-order valence-electron chi connectivity index (χ4n) is 1.24. The normalized spacial score (nSPS) is 7.71. The topological polar surface area (TPSA) is 64.6 Å². The molecule has 0 N–H and O–H groups in total. The largest absolute Gasteiger partial charge is 4.00 e. The van der Waals surface area contributed by atoms with E-state index >= 15 is 0 Å². The van der Waals surface area contributed by atoms with Gasteiger partial charge in [0, 0.05) is 0 Å². The van der Waals surface area contributed by atoms with Gasteiger partial charge in [-0.3, -0.25) is 0 Å². The fourth-order valence-corrected chi connectivity index (χ4v) is 1.24. The Morgan fingerprint density at radius 3 is 1.14 bits per heavy atom. The summed E-state index contributed by atoms with van der Waals surface area (Å²) < 4.78 is 9.46. The first-order valence-corrected chi connectivity index (χ1v) is 5.29. The van der Waals surface area contributed by atoms with E-state index < -0.39 is 0 Å². The molecule has 112 valence electrons. The van der Waals surface area contributed by atoms with Gasteiger partial charge in [0.1, 0.15) is 11.5 Å². The SMILES string of the molecule is COc1ccccc1[O-].COc1ccccc1[O-].[Cl-].[Cl-].[Ti+4]. The molecule has 21 heavy (non-hydrogen) atoms. The second-order valence-corrected chi connectivity index (χ2v) is 3.30. The summed E-state index contributed by atoms with van der Waals surface area (Å²) in [4.78, 5) is 0. The third-order valence-electron chi connectivity index (χ3n) is 2.14. The Morgan fingerprint density at radius 2 is 0.952 bits per heavy atom. The first-order chi connectivity index (χ1) is 8.69. The number of hydrogen-bond donors (Lipinski definition) is 0. The van der Waals surface area contributed by atoms with Crippen LogP contribution in [0.3, 0.4) is 0 Å². The monoisotopic (exact) mass is 364 g/mol. The summed E-state index contributed by atoms with van der Waals surface area (Å²) in [5.74, 6) is 0.662. The van der Waals surface area contributed by atoms with Crippen LogP contribution in [0.15, 0.2) is 48.5 Å². The zero-order valence-corrected chi connectivity index (χ0v) is 14.6. The molecule has 0 bridgehead atoms. The molecule has 0 saturated heterocycles. The third kappa shape index (κ3) is 8.73. The molecular weight excluding hydrogens is 351 g/mol. The van der Waals surface area contributed by atoms with Crippen molar-refractivity contribution >= 4 is 0 Å². The molecule has 0 heterocycles. The van der Waals surface area contributed by atoms with Gasteiger partial charge < -0.3 is 44.5 Å². The minimum Gasteiger partial charge on any atom is -1.00 e. The minimum atomic E-state index is -0.0694. The first-order valence-electron chi connectivity index (χ1n) is 5.29. The van der Waals surface area contributed by atoms with Crippen molar-refractivity contribution in [1.82, 2.24) is 0 Å². The fraction of sp³-hybridized carbons (Fsp3) is 0.143. The molecule has 0 fully saturated rings. The average molecular weight is 365 g/mol. The molecule has 0 aliphatic heterocycles. The standard InChI is InChI=1S/2C7H8O2.2ClH.Ti/c2*1-9-7-5-3-2-4-6(7)8;;;/h2*2-5,8H,1H3;2*1H;/q;;;;+4/p-4. The van der Waals surface area contributed by atoms with Crippen molar-refractivity contribution in [3.05, 3.63) is 48.5 Å². The minimum absolute atomic E-state index is 0. The molecule has 7 heteroatoms. The Bertz CT molecular complexity index is 452. The van der Waals surface area contributed by atoms with Crippen molar-refractivity contribution in [2.45, 2.75) is 0 Å². The van der Waals surface area contributed by atoms with Crippen molar-refractivity contribution in [2.75, 3.05) is 14.2 Å². The number of halogens is 2. The van der Waals surface area contributed by atoms with Gasteiger partial charge in [-0.1, -0.05) is 47.9 Å². The van der Waals surface area contributed by atoms with E-state index in [0.29, 0.717) is 11.5 Å². The number of ether oxygens (including phenoxy) is 2. The van der Waals surface area contributed by atoms with Crippen molar-refractivity contribution in [2.24, 2.45) is 0 Å². The molecular formula is C14H14Cl2O4Ti. The second-order valence-electron chi connectivity index (χ2n) is 3.30. The number of rotatable bonds is 2. The molecule has 0 unspecified atom stereocenters. The van der Waals surface area contributed by atoms with Crippen LogP contribution in [-0.2, 0) is 21.7 Å². The van der Waals surface area contributed by atoms with E-state index in [4.69, 9.17) is 9.47 Å². The van der Waals surface area contributed by atoms with E-state index in [1.54, 1.807) is 36.4 Å². The van der Waals surface area contributed by atoms with Gasteiger partial charge in [-0.15, -0.1) is 0 Å². The maximum atomic E-state index is 10.7. The van der Waals surface area contributed by atoms with E-state index in [1.165, 1.54) is 26.4 Å². The number of para-hydroxylation sites is 4. The van der Waals surface area contributed by atoms with Crippen molar-refractivity contribution in [3.8, 4) is 23.0 Å². The van der Waals surface area contributed by atoms with Gasteiger partial charge in [-0.2, -0.15) is 0 Å². The van der Waals surface area contributed by atoms with Crippen molar-refractivity contribution in [1.29, 1.82) is 0 Å².